The topological polar surface area (TPSA) is 72.2 Å². The third kappa shape index (κ3) is 3.81. The first-order chi connectivity index (χ1) is 9.83. The highest BCUT2D eigenvalue weighted by Crippen LogP contribution is 2.28. The van der Waals surface area contributed by atoms with Gasteiger partial charge in [-0.2, -0.15) is 0 Å². The zero-order valence-electron chi connectivity index (χ0n) is 11.1. The normalized spacial score (nSPS) is 13.3. The summed E-state index contributed by atoms with van der Waals surface area (Å²) in [5.74, 6) is -0.818. The molecule has 0 aliphatic heterocycles. The van der Waals surface area contributed by atoms with Crippen molar-refractivity contribution in [2.75, 3.05) is 0 Å². The molecular formula is C13H14ClFN2O2S2. The Morgan fingerprint density at radius 1 is 1.38 bits per heavy atom. The molecule has 0 aliphatic carbocycles. The van der Waals surface area contributed by atoms with Gasteiger partial charge in [-0.15, -0.1) is 11.3 Å². The zero-order chi connectivity index (χ0) is 15.6. The summed E-state index contributed by atoms with van der Waals surface area (Å²) in [6, 6.07) is 6.75. The van der Waals surface area contributed by atoms with Gasteiger partial charge in [0, 0.05) is 11.4 Å². The Morgan fingerprint density at radius 2 is 2.10 bits per heavy atom. The van der Waals surface area contributed by atoms with Crippen LogP contribution in [0.1, 0.15) is 23.4 Å². The quantitative estimate of drug-likeness (QED) is 0.872. The number of hydrogen-bond donors (Lipinski definition) is 2. The van der Waals surface area contributed by atoms with E-state index in [1.165, 1.54) is 23.5 Å². The van der Waals surface area contributed by atoms with Crippen LogP contribution in [0.15, 0.2) is 35.2 Å². The molecular weight excluding hydrogens is 335 g/mol. The Hall–Kier alpha value is -0.990. The molecule has 114 valence electrons. The molecule has 4 nitrogen and oxygen atoms in total. The van der Waals surface area contributed by atoms with Gasteiger partial charge in [0.2, 0.25) is 10.0 Å². The number of nitrogens with one attached hydrogen (secondary N) is 1. The first-order valence-corrected chi connectivity index (χ1v) is 8.77. The molecule has 1 aromatic carbocycles. The summed E-state index contributed by atoms with van der Waals surface area (Å²) in [6.07, 6.45) is 0. The summed E-state index contributed by atoms with van der Waals surface area (Å²) in [5.41, 5.74) is 5.93. The summed E-state index contributed by atoms with van der Waals surface area (Å²) in [4.78, 5) is 0.358. The lowest BCUT2D eigenvalue weighted by molar-refractivity contribution is 0.547. The monoisotopic (exact) mass is 348 g/mol. The Bertz CT molecular complexity index is 746. The number of hydrogen-bond acceptors (Lipinski definition) is 4. The van der Waals surface area contributed by atoms with Gasteiger partial charge in [0.15, 0.2) is 0 Å². The molecule has 0 radical (unpaired) electrons. The predicted molar refractivity (Wildman–Crippen MR) is 82.4 cm³/mol. The lowest BCUT2D eigenvalue weighted by atomic mass is 10.2. The average molecular weight is 349 g/mol. The molecule has 8 heteroatoms. The van der Waals surface area contributed by atoms with Gasteiger partial charge in [0.05, 0.1) is 10.4 Å². The number of nitrogens with two attached hydrogens (primary N) is 1. The molecule has 21 heavy (non-hydrogen) atoms. The molecule has 2 aromatic rings. The minimum atomic E-state index is -3.96. The zero-order valence-corrected chi connectivity index (χ0v) is 13.5. The van der Waals surface area contributed by atoms with Gasteiger partial charge in [-0.3, -0.25) is 0 Å². The summed E-state index contributed by atoms with van der Waals surface area (Å²) < 4.78 is 41.4. The molecule has 0 aliphatic rings. The summed E-state index contributed by atoms with van der Waals surface area (Å²) in [6.45, 7) is 1.82. The van der Waals surface area contributed by atoms with Crippen LogP contribution in [-0.4, -0.2) is 8.42 Å². The predicted octanol–water partition coefficient (Wildman–Crippen LogP) is 3.04. The van der Waals surface area contributed by atoms with E-state index in [1.807, 2.05) is 0 Å². The maximum atomic E-state index is 13.9. The molecule has 0 fully saturated rings. The third-order valence-electron chi connectivity index (χ3n) is 2.87. The highest BCUT2D eigenvalue weighted by Gasteiger charge is 2.22. The Kier molecular flexibility index (Phi) is 5.00. The molecule has 2 rings (SSSR count). The number of thiophene rings is 1. The van der Waals surface area contributed by atoms with Crippen molar-refractivity contribution < 1.29 is 12.8 Å². The fourth-order valence-corrected chi connectivity index (χ4v) is 4.22. The van der Waals surface area contributed by atoms with Gasteiger partial charge in [0.1, 0.15) is 10.7 Å². The highest BCUT2D eigenvalue weighted by molar-refractivity contribution is 7.89. The van der Waals surface area contributed by atoms with Crippen LogP contribution < -0.4 is 10.5 Å². The van der Waals surface area contributed by atoms with Crippen molar-refractivity contribution in [3.8, 4) is 0 Å². The fourth-order valence-electron chi connectivity index (χ4n) is 1.80. The van der Waals surface area contributed by atoms with Crippen molar-refractivity contribution >= 4 is 33.0 Å². The van der Waals surface area contributed by atoms with E-state index in [2.05, 4.69) is 4.72 Å². The molecule has 1 unspecified atom stereocenters. The van der Waals surface area contributed by atoms with Crippen molar-refractivity contribution in [1.82, 2.24) is 4.72 Å². The molecule has 0 amide bonds. The smallest absolute Gasteiger partial charge is 0.244 e. The Labute approximate surface area is 131 Å². The molecule has 1 aromatic heterocycles. The van der Waals surface area contributed by atoms with Crippen molar-refractivity contribution in [2.45, 2.75) is 24.4 Å². The lowest BCUT2D eigenvalue weighted by Gasteiger charge is -2.13. The van der Waals surface area contributed by atoms with Gasteiger partial charge in [-0.1, -0.05) is 17.7 Å². The van der Waals surface area contributed by atoms with E-state index in [9.17, 15) is 12.8 Å². The average Bonchev–Trinajstić information content (AvgIpc) is 2.84. The van der Waals surface area contributed by atoms with Gasteiger partial charge < -0.3 is 5.73 Å². The SMILES string of the molecule is CC(NS(=O)(=O)c1ccc(CN)cc1F)c1ccc(Cl)s1. The highest BCUT2D eigenvalue weighted by atomic mass is 35.5. The van der Waals surface area contributed by atoms with Crippen molar-refractivity contribution in [2.24, 2.45) is 5.73 Å². The van der Waals surface area contributed by atoms with E-state index in [0.29, 0.717) is 9.90 Å². The number of sulfonamides is 1. The maximum Gasteiger partial charge on any atom is 0.244 e. The molecule has 1 heterocycles. The molecule has 0 saturated carbocycles. The van der Waals surface area contributed by atoms with Crippen LogP contribution in [0.3, 0.4) is 0 Å². The first-order valence-electron chi connectivity index (χ1n) is 6.09. The maximum absolute atomic E-state index is 13.9. The lowest BCUT2D eigenvalue weighted by Crippen LogP contribution is -2.27. The second-order valence-electron chi connectivity index (χ2n) is 4.45. The minimum Gasteiger partial charge on any atom is -0.326 e. The van der Waals surface area contributed by atoms with Crippen molar-refractivity contribution in [1.29, 1.82) is 0 Å². The van der Waals surface area contributed by atoms with E-state index in [0.717, 1.165) is 10.9 Å². The number of benzene rings is 1. The van der Waals surface area contributed by atoms with Crippen LogP contribution >= 0.6 is 22.9 Å². The van der Waals surface area contributed by atoms with E-state index >= 15 is 0 Å². The van der Waals surface area contributed by atoms with Crippen molar-refractivity contribution in [3.05, 3.63) is 50.9 Å². The Morgan fingerprint density at radius 3 is 2.62 bits per heavy atom. The second kappa shape index (κ2) is 6.41. The van der Waals surface area contributed by atoms with Crippen LogP contribution in [0.4, 0.5) is 4.39 Å². The van der Waals surface area contributed by atoms with Crippen LogP contribution in [0.5, 0.6) is 0 Å². The van der Waals surface area contributed by atoms with Gasteiger partial charge in [0.25, 0.3) is 0 Å². The molecule has 0 saturated heterocycles. The largest absolute Gasteiger partial charge is 0.326 e. The fraction of sp³-hybridized carbons (Fsp3) is 0.231. The molecule has 0 bridgehead atoms. The molecule has 0 spiro atoms. The number of rotatable bonds is 5. The second-order valence-corrected chi connectivity index (χ2v) is 7.88. The Balaban J connectivity index is 2.26. The first kappa shape index (κ1) is 16.4. The van der Waals surface area contributed by atoms with Crippen molar-refractivity contribution in [3.63, 3.8) is 0 Å². The summed E-state index contributed by atoms with van der Waals surface area (Å²) in [5, 5.41) is 0. The van der Waals surface area contributed by atoms with E-state index in [1.54, 1.807) is 19.1 Å². The van der Waals surface area contributed by atoms with Gasteiger partial charge >= 0.3 is 0 Å². The van der Waals surface area contributed by atoms with Crippen LogP contribution in [-0.2, 0) is 16.6 Å². The molecule has 1 atom stereocenters. The van der Waals surface area contributed by atoms with Gasteiger partial charge in [-0.05, 0) is 36.8 Å². The molecule has 3 N–H and O–H groups in total. The minimum absolute atomic E-state index is 0.148. The van der Waals surface area contributed by atoms with Crippen LogP contribution in [0, 0.1) is 5.82 Å². The summed E-state index contributed by atoms with van der Waals surface area (Å²) >= 11 is 7.09. The van der Waals surface area contributed by atoms with Crippen LogP contribution in [0.2, 0.25) is 4.34 Å². The van der Waals surface area contributed by atoms with E-state index in [4.69, 9.17) is 17.3 Å². The van der Waals surface area contributed by atoms with E-state index < -0.39 is 26.8 Å². The van der Waals surface area contributed by atoms with Gasteiger partial charge in [-0.25, -0.2) is 17.5 Å². The van der Waals surface area contributed by atoms with E-state index in [-0.39, 0.29) is 6.54 Å². The third-order valence-corrected chi connectivity index (χ3v) is 5.86. The van der Waals surface area contributed by atoms with Crippen LogP contribution in [0.25, 0.3) is 0 Å². The standard InChI is InChI=1S/C13H14ClFN2O2S2/c1-8(11-3-5-13(14)20-11)17-21(18,19)12-4-2-9(7-16)6-10(12)15/h2-6,8,17H,7,16H2,1H3. The summed E-state index contributed by atoms with van der Waals surface area (Å²) in [7, 11) is -3.96. The number of halogens is 2.